The minimum Gasteiger partial charge on any atom is -0.479 e. The summed E-state index contributed by atoms with van der Waals surface area (Å²) in [6.45, 7) is -0.188. The minimum absolute atomic E-state index is 0.188. The Bertz CT molecular complexity index is 764. The highest BCUT2D eigenvalue weighted by molar-refractivity contribution is 6.00. The van der Waals surface area contributed by atoms with Crippen molar-refractivity contribution in [2.45, 2.75) is 25.7 Å². The summed E-state index contributed by atoms with van der Waals surface area (Å²) in [7, 11) is 3.11. The number of ether oxygens (including phenoxy) is 1. The molecule has 2 aromatic rings. The average molecular weight is 333 g/mol. The Balaban J connectivity index is 1.57. The number of hydrogen-bond donors (Lipinski definition) is 2. The zero-order valence-electron chi connectivity index (χ0n) is 13.6. The Morgan fingerprint density at radius 1 is 1.38 bits per heavy atom. The summed E-state index contributed by atoms with van der Waals surface area (Å²) < 4.78 is 11.7. The predicted molar refractivity (Wildman–Crippen MR) is 83.9 cm³/mol. The molecule has 1 aliphatic rings. The normalized spacial score (nSPS) is 13.2. The van der Waals surface area contributed by atoms with Crippen molar-refractivity contribution in [3.63, 3.8) is 0 Å². The van der Waals surface area contributed by atoms with Gasteiger partial charge in [-0.3, -0.25) is 19.6 Å². The first-order valence-corrected chi connectivity index (χ1v) is 7.71. The second-order valence-corrected chi connectivity index (χ2v) is 5.60. The fourth-order valence-electron chi connectivity index (χ4n) is 2.69. The van der Waals surface area contributed by atoms with Crippen LogP contribution in [0.4, 0.5) is 5.88 Å². The maximum Gasteiger partial charge on any atom is 0.258 e. The number of rotatable bonds is 5. The van der Waals surface area contributed by atoms with Crippen molar-refractivity contribution in [2.24, 2.45) is 7.05 Å². The van der Waals surface area contributed by atoms with Crippen molar-refractivity contribution >= 4 is 17.7 Å². The Hall–Kier alpha value is -2.84. The van der Waals surface area contributed by atoms with Gasteiger partial charge in [-0.2, -0.15) is 0 Å². The van der Waals surface area contributed by atoms with Gasteiger partial charge >= 0.3 is 0 Å². The highest BCUT2D eigenvalue weighted by Gasteiger charge is 2.21. The van der Waals surface area contributed by atoms with Gasteiger partial charge in [0.1, 0.15) is 5.56 Å². The van der Waals surface area contributed by atoms with E-state index in [1.165, 1.54) is 18.0 Å². The fourth-order valence-corrected chi connectivity index (χ4v) is 2.69. The van der Waals surface area contributed by atoms with Gasteiger partial charge in [0.2, 0.25) is 17.7 Å². The van der Waals surface area contributed by atoms with Crippen molar-refractivity contribution < 1.29 is 18.8 Å². The first-order valence-electron chi connectivity index (χ1n) is 7.71. The molecule has 0 fully saturated rings. The number of hydrogen-bond acceptors (Lipinski definition) is 6. The zero-order valence-corrected chi connectivity index (χ0v) is 13.6. The van der Waals surface area contributed by atoms with E-state index in [0.29, 0.717) is 5.88 Å². The van der Waals surface area contributed by atoms with E-state index in [9.17, 15) is 9.59 Å². The van der Waals surface area contributed by atoms with Crippen LogP contribution in [-0.2, 0) is 24.7 Å². The van der Waals surface area contributed by atoms with E-state index >= 15 is 0 Å². The number of amides is 2. The van der Waals surface area contributed by atoms with Crippen LogP contribution in [0.25, 0.3) is 0 Å². The number of carbonyl (C=O) groups is 2. The highest BCUT2D eigenvalue weighted by atomic mass is 16.5. The van der Waals surface area contributed by atoms with Crippen LogP contribution in [0, 0.1) is 0 Å². The third-order valence-electron chi connectivity index (χ3n) is 3.86. The number of aryl methyl sites for hydroxylation is 2. The molecule has 2 heterocycles. The molecule has 9 nitrogen and oxygen atoms in total. The molecule has 0 spiro atoms. The molecule has 128 valence electrons. The van der Waals surface area contributed by atoms with Gasteiger partial charge in [0.15, 0.2) is 0 Å². The molecular formula is C15H19N5O4. The smallest absolute Gasteiger partial charge is 0.258 e. The molecule has 0 atom stereocenters. The van der Waals surface area contributed by atoms with Crippen LogP contribution in [0.3, 0.4) is 0 Å². The molecule has 1 aliphatic carbocycles. The summed E-state index contributed by atoms with van der Waals surface area (Å²) in [5, 5.41) is 13.2. The van der Waals surface area contributed by atoms with Crippen molar-refractivity contribution in [3.8, 4) is 5.88 Å². The molecule has 0 saturated heterocycles. The topological polar surface area (TPSA) is 111 Å². The monoisotopic (exact) mass is 333 g/mol. The maximum atomic E-state index is 12.1. The molecule has 0 saturated carbocycles. The number of nitrogens with one attached hydrogen (secondary N) is 2. The Kier molecular flexibility index (Phi) is 4.50. The second-order valence-electron chi connectivity index (χ2n) is 5.60. The lowest BCUT2D eigenvalue weighted by molar-refractivity contribution is -0.115. The summed E-state index contributed by atoms with van der Waals surface area (Å²) >= 11 is 0. The van der Waals surface area contributed by atoms with Gasteiger partial charge in [-0.05, 0) is 25.7 Å². The molecule has 0 aliphatic heterocycles. The zero-order chi connectivity index (χ0) is 17.1. The lowest BCUT2D eigenvalue weighted by Gasteiger charge is -2.09. The first kappa shape index (κ1) is 16.0. The van der Waals surface area contributed by atoms with Crippen molar-refractivity contribution in [1.82, 2.24) is 20.3 Å². The van der Waals surface area contributed by atoms with Gasteiger partial charge in [0, 0.05) is 18.8 Å². The molecule has 24 heavy (non-hydrogen) atoms. The Morgan fingerprint density at radius 2 is 2.17 bits per heavy atom. The van der Waals surface area contributed by atoms with Gasteiger partial charge in [-0.1, -0.05) is 5.16 Å². The third-order valence-corrected chi connectivity index (χ3v) is 3.86. The van der Waals surface area contributed by atoms with E-state index in [0.717, 1.165) is 36.9 Å². The van der Waals surface area contributed by atoms with Crippen LogP contribution in [0.2, 0.25) is 0 Å². The predicted octanol–water partition coefficient (Wildman–Crippen LogP) is 0.664. The Morgan fingerprint density at radius 3 is 2.96 bits per heavy atom. The molecule has 0 radical (unpaired) electrons. The SMILES string of the molecule is COc1nn(C)cc1C(=O)NCC(=O)Nc1onc2c1CCCC2. The van der Waals surface area contributed by atoms with Gasteiger partial charge in [-0.15, -0.1) is 5.10 Å². The molecule has 2 N–H and O–H groups in total. The fraction of sp³-hybridized carbons (Fsp3) is 0.467. The van der Waals surface area contributed by atoms with E-state index in [2.05, 4.69) is 20.9 Å². The largest absolute Gasteiger partial charge is 0.479 e. The number of carbonyl (C=O) groups excluding carboxylic acids is 2. The summed E-state index contributed by atoms with van der Waals surface area (Å²) in [6, 6.07) is 0. The third kappa shape index (κ3) is 3.24. The van der Waals surface area contributed by atoms with Gasteiger partial charge in [-0.25, -0.2) is 0 Å². The molecule has 0 aromatic carbocycles. The molecule has 3 rings (SSSR count). The molecule has 2 aromatic heterocycles. The standard InChI is InChI=1S/C15H19N5O4/c1-20-8-10(15(18-20)23-2)13(22)16-7-12(21)17-14-9-5-3-4-6-11(9)19-24-14/h8H,3-7H2,1-2H3,(H,16,22)(H,17,21). The molecular weight excluding hydrogens is 314 g/mol. The van der Waals surface area contributed by atoms with Gasteiger partial charge in [0.25, 0.3) is 5.91 Å². The van der Waals surface area contributed by atoms with Crippen LogP contribution in [0.5, 0.6) is 5.88 Å². The van der Waals surface area contributed by atoms with E-state index in [-0.39, 0.29) is 23.9 Å². The van der Waals surface area contributed by atoms with Crippen molar-refractivity contribution in [2.75, 3.05) is 19.0 Å². The molecule has 2 amide bonds. The lowest BCUT2D eigenvalue weighted by atomic mass is 9.98. The van der Waals surface area contributed by atoms with Crippen LogP contribution < -0.4 is 15.4 Å². The molecule has 0 unspecified atom stereocenters. The molecule has 0 bridgehead atoms. The van der Waals surface area contributed by atoms with Crippen LogP contribution >= 0.6 is 0 Å². The summed E-state index contributed by atoms with van der Waals surface area (Å²) in [5.41, 5.74) is 2.13. The summed E-state index contributed by atoms with van der Waals surface area (Å²) in [5.74, 6) is -0.229. The molecule has 9 heteroatoms. The number of anilines is 1. The van der Waals surface area contributed by atoms with E-state index in [1.54, 1.807) is 7.05 Å². The number of aromatic nitrogens is 3. The maximum absolute atomic E-state index is 12.1. The number of nitrogens with zero attached hydrogens (tertiary/aromatic N) is 3. The van der Waals surface area contributed by atoms with Gasteiger partial charge < -0.3 is 14.6 Å². The van der Waals surface area contributed by atoms with E-state index < -0.39 is 5.91 Å². The second kappa shape index (κ2) is 6.73. The minimum atomic E-state index is -0.435. The number of fused-ring (bicyclic) bond motifs is 1. The average Bonchev–Trinajstić information content (AvgIpc) is 3.16. The van der Waals surface area contributed by atoms with E-state index in [1.807, 2.05) is 0 Å². The lowest BCUT2D eigenvalue weighted by Crippen LogP contribution is -2.33. The van der Waals surface area contributed by atoms with E-state index in [4.69, 9.17) is 9.26 Å². The quantitative estimate of drug-likeness (QED) is 0.831. The summed E-state index contributed by atoms with van der Waals surface area (Å²) in [6.07, 6.45) is 5.36. The van der Waals surface area contributed by atoms with Crippen LogP contribution in [-0.4, -0.2) is 40.4 Å². The summed E-state index contributed by atoms with van der Waals surface area (Å²) in [4.78, 5) is 24.1. The van der Waals surface area contributed by atoms with Crippen LogP contribution in [0.1, 0.15) is 34.5 Å². The van der Waals surface area contributed by atoms with Crippen LogP contribution in [0.15, 0.2) is 10.7 Å². The Labute approximate surface area is 138 Å². The van der Waals surface area contributed by atoms with Crippen molar-refractivity contribution in [3.05, 3.63) is 23.0 Å². The number of methoxy groups -OCH3 is 1. The van der Waals surface area contributed by atoms with Gasteiger partial charge in [0.05, 0.1) is 19.3 Å². The first-order chi connectivity index (χ1) is 11.6. The van der Waals surface area contributed by atoms with Crippen molar-refractivity contribution in [1.29, 1.82) is 0 Å². The highest BCUT2D eigenvalue weighted by Crippen LogP contribution is 2.27.